The van der Waals surface area contributed by atoms with Gasteiger partial charge in [-0.1, -0.05) is 0 Å². The number of halogens is 2. The van der Waals surface area contributed by atoms with Crippen molar-refractivity contribution in [1.82, 2.24) is 9.55 Å². The fourth-order valence-electron chi connectivity index (χ4n) is 1.58. The van der Waals surface area contributed by atoms with E-state index in [2.05, 4.69) is 4.98 Å². The van der Waals surface area contributed by atoms with Gasteiger partial charge in [0.1, 0.15) is 5.52 Å². The molecule has 2 rings (SSSR count). The lowest BCUT2D eigenvalue weighted by Crippen LogP contribution is -2.08. The summed E-state index contributed by atoms with van der Waals surface area (Å²) >= 11 is 0. The second kappa shape index (κ2) is 4.05. The largest absolute Gasteiger partial charge is 0.383 e. The first-order chi connectivity index (χ1) is 7.65. The Balaban J connectivity index is 2.61. The third-order valence-corrected chi connectivity index (χ3v) is 2.35. The molecule has 2 aromatic rings. The van der Waals surface area contributed by atoms with Crippen LogP contribution in [0.15, 0.2) is 12.1 Å². The lowest BCUT2D eigenvalue weighted by atomic mass is 10.3. The Morgan fingerprint density at radius 2 is 2.19 bits per heavy atom. The Morgan fingerprint density at radius 3 is 2.88 bits per heavy atom. The number of nitrogen functional groups attached to an aromatic ring is 1. The molecule has 0 radical (unpaired) electrons. The molecule has 2 N–H and O–H groups in total. The molecule has 0 atom stereocenters. The normalized spacial score (nSPS) is 11.2. The molecule has 6 heteroatoms. The zero-order valence-corrected chi connectivity index (χ0v) is 8.70. The molecule has 0 spiro atoms. The van der Waals surface area contributed by atoms with Crippen molar-refractivity contribution < 1.29 is 13.5 Å². The number of benzene rings is 1. The number of fused-ring (bicyclic) bond motifs is 1. The molecule has 0 amide bonds. The van der Waals surface area contributed by atoms with Gasteiger partial charge in [0.2, 0.25) is 5.95 Å². The number of imidazole rings is 1. The van der Waals surface area contributed by atoms with Crippen LogP contribution in [0, 0.1) is 11.6 Å². The minimum absolute atomic E-state index is 0.0783. The van der Waals surface area contributed by atoms with E-state index in [0.29, 0.717) is 18.7 Å². The Morgan fingerprint density at radius 1 is 1.44 bits per heavy atom. The molecule has 16 heavy (non-hydrogen) atoms. The van der Waals surface area contributed by atoms with E-state index in [4.69, 9.17) is 10.5 Å². The van der Waals surface area contributed by atoms with Crippen LogP contribution in [0.2, 0.25) is 0 Å². The van der Waals surface area contributed by atoms with E-state index in [1.54, 1.807) is 0 Å². The van der Waals surface area contributed by atoms with E-state index >= 15 is 0 Å². The topological polar surface area (TPSA) is 53.1 Å². The lowest BCUT2D eigenvalue weighted by molar-refractivity contribution is 0.188. The van der Waals surface area contributed by atoms with Crippen molar-refractivity contribution in [2.24, 2.45) is 0 Å². The number of nitrogens with zero attached hydrogens (tertiary/aromatic N) is 2. The van der Waals surface area contributed by atoms with Crippen molar-refractivity contribution in [3.8, 4) is 0 Å². The Hall–Kier alpha value is -1.69. The highest BCUT2D eigenvalue weighted by Gasteiger charge is 2.15. The van der Waals surface area contributed by atoms with Gasteiger partial charge in [-0.05, 0) is 12.1 Å². The Labute approximate surface area is 90.6 Å². The molecule has 1 heterocycles. The maximum absolute atomic E-state index is 13.6. The average molecular weight is 227 g/mol. The molecule has 0 bridgehead atoms. The standard InChI is InChI=1S/C10H11F2N3O/c1-16-5-4-15-9-7(14-10(15)13)3-2-6(11)8(9)12/h2-3H,4-5H2,1H3,(H2,13,14). The quantitative estimate of drug-likeness (QED) is 0.865. The van der Waals surface area contributed by atoms with Crippen molar-refractivity contribution in [3.63, 3.8) is 0 Å². The molecule has 1 aromatic heterocycles. The molecule has 0 saturated heterocycles. The number of hydrogen-bond donors (Lipinski definition) is 1. The van der Waals surface area contributed by atoms with Crippen LogP contribution in [0.5, 0.6) is 0 Å². The second-order valence-electron chi connectivity index (χ2n) is 3.34. The summed E-state index contributed by atoms with van der Waals surface area (Å²) in [6.07, 6.45) is 0. The summed E-state index contributed by atoms with van der Waals surface area (Å²) in [6, 6.07) is 2.43. The molecule has 0 aliphatic heterocycles. The van der Waals surface area contributed by atoms with Crippen molar-refractivity contribution in [1.29, 1.82) is 0 Å². The number of anilines is 1. The van der Waals surface area contributed by atoms with Gasteiger partial charge in [0.25, 0.3) is 0 Å². The SMILES string of the molecule is COCCn1c(N)nc2ccc(F)c(F)c21. The van der Waals surface area contributed by atoms with Gasteiger partial charge in [-0.25, -0.2) is 13.8 Å². The molecule has 86 valence electrons. The van der Waals surface area contributed by atoms with Gasteiger partial charge in [-0.15, -0.1) is 0 Å². The van der Waals surface area contributed by atoms with Crippen LogP contribution in [0.3, 0.4) is 0 Å². The van der Waals surface area contributed by atoms with Crippen molar-refractivity contribution in [3.05, 3.63) is 23.8 Å². The van der Waals surface area contributed by atoms with Crippen molar-refractivity contribution in [2.45, 2.75) is 6.54 Å². The molecule has 0 unspecified atom stereocenters. The summed E-state index contributed by atoms with van der Waals surface area (Å²) in [4.78, 5) is 3.95. The Kier molecular flexibility index (Phi) is 2.74. The van der Waals surface area contributed by atoms with E-state index < -0.39 is 11.6 Å². The highest BCUT2D eigenvalue weighted by Crippen LogP contribution is 2.22. The van der Waals surface area contributed by atoms with Gasteiger partial charge in [0, 0.05) is 13.7 Å². The second-order valence-corrected chi connectivity index (χ2v) is 3.34. The first-order valence-corrected chi connectivity index (χ1v) is 4.73. The summed E-state index contributed by atoms with van der Waals surface area (Å²) in [5, 5.41) is 0. The highest BCUT2D eigenvalue weighted by molar-refractivity contribution is 5.79. The predicted octanol–water partition coefficient (Wildman–Crippen LogP) is 1.54. The maximum Gasteiger partial charge on any atom is 0.201 e. The van der Waals surface area contributed by atoms with E-state index in [9.17, 15) is 8.78 Å². The minimum atomic E-state index is -0.933. The molecular formula is C10H11F2N3O. The molecule has 0 aliphatic rings. The van der Waals surface area contributed by atoms with Gasteiger partial charge >= 0.3 is 0 Å². The summed E-state index contributed by atoms with van der Waals surface area (Å²) < 4.78 is 32.9. The van der Waals surface area contributed by atoms with Crippen LogP contribution in [0.25, 0.3) is 11.0 Å². The molecule has 0 saturated carbocycles. The third-order valence-electron chi connectivity index (χ3n) is 2.35. The van der Waals surface area contributed by atoms with Crippen LogP contribution < -0.4 is 5.73 Å². The lowest BCUT2D eigenvalue weighted by Gasteiger charge is -2.05. The average Bonchev–Trinajstić information content (AvgIpc) is 2.58. The first kappa shape index (κ1) is 10.8. The summed E-state index contributed by atoms with van der Waals surface area (Å²) in [5.41, 5.74) is 6.04. The van der Waals surface area contributed by atoms with Crippen molar-refractivity contribution >= 4 is 17.0 Å². The zero-order chi connectivity index (χ0) is 11.7. The van der Waals surface area contributed by atoms with E-state index in [1.807, 2.05) is 0 Å². The predicted molar refractivity (Wildman–Crippen MR) is 55.9 cm³/mol. The number of aromatic nitrogens is 2. The smallest absolute Gasteiger partial charge is 0.201 e. The fourth-order valence-corrected chi connectivity index (χ4v) is 1.58. The fraction of sp³-hybridized carbons (Fsp3) is 0.300. The van der Waals surface area contributed by atoms with E-state index in [1.165, 1.54) is 17.7 Å². The monoisotopic (exact) mass is 227 g/mol. The highest BCUT2D eigenvalue weighted by atomic mass is 19.2. The molecule has 0 fully saturated rings. The number of rotatable bonds is 3. The van der Waals surface area contributed by atoms with Crippen LogP contribution >= 0.6 is 0 Å². The van der Waals surface area contributed by atoms with E-state index in [0.717, 1.165) is 6.07 Å². The van der Waals surface area contributed by atoms with Crippen LogP contribution in [-0.2, 0) is 11.3 Å². The molecule has 4 nitrogen and oxygen atoms in total. The summed E-state index contributed by atoms with van der Waals surface area (Å²) in [6.45, 7) is 0.685. The maximum atomic E-state index is 13.6. The van der Waals surface area contributed by atoms with Crippen LogP contribution in [-0.4, -0.2) is 23.3 Å². The molecule has 0 aliphatic carbocycles. The first-order valence-electron chi connectivity index (χ1n) is 4.73. The van der Waals surface area contributed by atoms with Gasteiger partial charge in [-0.3, -0.25) is 0 Å². The number of methoxy groups -OCH3 is 1. The summed E-state index contributed by atoms with van der Waals surface area (Å²) in [5.74, 6) is -1.69. The molecule has 1 aromatic carbocycles. The number of hydrogen-bond acceptors (Lipinski definition) is 3. The number of nitrogens with two attached hydrogens (primary N) is 1. The van der Waals surface area contributed by atoms with Gasteiger partial charge < -0.3 is 15.0 Å². The third kappa shape index (κ3) is 1.61. The van der Waals surface area contributed by atoms with Gasteiger partial charge in [0.05, 0.1) is 12.1 Å². The minimum Gasteiger partial charge on any atom is -0.383 e. The zero-order valence-electron chi connectivity index (χ0n) is 8.70. The van der Waals surface area contributed by atoms with Gasteiger partial charge in [0.15, 0.2) is 11.6 Å². The van der Waals surface area contributed by atoms with Crippen LogP contribution in [0.4, 0.5) is 14.7 Å². The van der Waals surface area contributed by atoms with Crippen molar-refractivity contribution in [2.75, 3.05) is 19.5 Å². The number of ether oxygens (including phenoxy) is 1. The van der Waals surface area contributed by atoms with E-state index in [-0.39, 0.29) is 11.5 Å². The summed E-state index contributed by atoms with van der Waals surface area (Å²) in [7, 11) is 1.52. The molecular weight excluding hydrogens is 216 g/mol. The van der Waals surface area contributed by atoms with Gasteiger partial charge in [-0.2, -0.15) is 0 Å². The Bertz CT molecular complexity index is 524. The van der Waals surface area contributed by atoms with Crippen LogP contribution in [0.1, 0.15) is 0 Å².